The molecule has 2 amide bonds. The van der Waals surface area contributed by atoms with Gasteiger partial charge in [0.2, 0.25) is 0 Å². The van der Waals surface area contributed by atoms with Crippen LogP contribution in [0, 0.1) is 0 Å². The third-order valence-electron chi connectivity index (χ3n) is 4.36. The van der Waals surface area contributed by atoms with E-state index in [2.05, 4.69) is 10.3 Å². The summed E-state index contributed by atoms with van der Waals surface area (Å²) < 4.78 is 5.16. The number of nitrogens with zero attached hydrogens (tertiary/aromatic N) is 2. The van der Waals surface area contributed by atoms with Crippen LogP contribution in [0.5, 0.6) is 0 Å². The van der Waals surface area contributed by atoms with Crippen LogP contribution in [0.4, 0.5) is 5.69 Å². The van der Waals surface area contributed by atoms with Gasteiger partial charge in [0.05, 0.1) is 12.2 Å². The molecule has 3 aromatic rings. The fraction of sp³-hybridized carbons (Fsp3) is 0.174. The SMILES string of the molecule is COCCN(Cc1ccccc1)C(=O)c1cccc(NC(=O)c2cccnc2)c1. The van der Waals surface area contributed by atoms with E-state index in [-0.39, 0.29) is 11.8 Å². The second-order valence-corrected chi connectivity index (χ2v) is 6.48. The average molecular weight is 389 g/mol. The number of carbonyl (C=O) groups excluding carboxylic acids is 2. The minimum atomic E-state index is -0.275. The van der Waals surface area contributed by atoms with Crippen LogP contribution in [0.15, 0.2) is 79.1 Å². The van der Waals surface area contributed by atoms with Crippen molar-refractivity contribution in [2.45, 2.75) is 6.54 Å². The van der Waals surface area contributed by atoms with E-state index in [1.807, 2.05) is 30.3 Å². The first-order chi connectivity index (χ1) is 14.2. The van der Waals surface area contributed by atoms with Gasteiger partial charge in [0, 0.05) is 43.8 Å². The third kappa shape index (κ3) is 5.73. The van der Waals surface area contributed by atoms with Crippen molar-refractivity contribution in [3.63, 3.8) is 0 Å². The smallest absolute Gasteiger partial charge is 0.257 e. The number of nitrogens with one attached hydrogen (secondary N) is 1. The van der Waals surface area contributed by atoms with E-state index in [9.17, 15) is 9.59 Å². The molecule has 1 N–H and O–H groups in total. The summed E-state index contributed by atoms with van der Waals surface area (Å²) in [6.07, 6.45) is 3.11. The lowest BCUT2D eigenvalue weighted by Gasteiger charge is -2.23. The van der Waals surface area contributed by atoms with Crippen molar-refractivity contribution in [3.8, 4) is 0 Å². The highest BCUT2D eigenvalue weighted by Crippen LogP contribution is 2.16. The number of methoxy groups -OCH3 is 1. The number of aromatic nitrogens is 1. The minimum absolute atomic E-state index is 0.122. The van der Waals surface area contributed by atoms with Crippen LogP contribution >= 0.6 is 0 Å². The largest absolute Gasteiger partial charge is 0.383 e. The fourth-order valence-corrected chi connectivity index (χ4v) is 2.87. The molecule has 29 heavy (non-hydrogen) atoms. The van der Waals surface area contributed by atoms with E-state index in [0.29, 0.717) is 36.5 Å². The standard InChI is InChI=1S/C23H23N3O3/c1-29-14-13-26(17-18-7-3-2-4-8-18)23(28)19-9-5-11-21(15-19)25-22(27)20-10-6-12-24-16-20/h2-12,15-16H,13-14,17H2,1H3,(H,25,27). The first-order valence-corrected chi connectivity index (χ1v) is 9.31. The zero-order chi connectivity index (χ0) is 20.5. The Labute approximate surface area is 170 Å². The monoisotopic (exact) mass is 389 g/mol. The van der Waals surface area contributed by atoms with Crippen LogP contribution < -0.4 is 5.32 Å². The Morgan fingerprint density at radius 3 is 2.52 bits per heavy atom. The molecule has 0 fully saturated rings. The normalized spacial score (nSPS) is 10.4. The Balaban J connectivity index is 1.75. The molecule has 0 unspecified atom stereocenters. The van der Waals surface area contributed by atoms with Crippen molar-refractivity contribution < 1.29 is 14.3 Å². The maximum atomic E-state index is 13.1. The first-order valence-electron chi connectivity index (χ1n) is 9.31. The fourth-order valence-electron chi connectivity index (χ4n) is 2.87. The lowest BCUT2D eigenvalue weighted by atomic mass is 10.1. The van der Waals surface area contributed by atoms with Crippen LogP contribution in [0.2, 0.25) is 0 Å². The van der Waals surface area contributed by atoms with Gasteiger partial charge < -0.3 is 15.0 Å². The summed E-state index contributed by atoms with van der Waals surface area (Å²) in [5.74, 6) is -0.397. The van der Waals surface area contributed by atoms with E-state index in [1.165, 1.54) is 6.20 Å². The Hall–Kier alpha value is -3.51. The number of ether oxygens (including phenoxy) is 1. The number of pyridine rings is 1. The lowest BCUT2D eigenvalue weighted by Crippen LogP contribution is -2.33. The predicted molar refractivity (Wildman–Crippen MR) is 112 cm³/mol. The van der Waals surface area contributed by atoms with Gasteiger partial charge in [-0.1, -0.05) is 36.4 Å². The van der Waals surface area contributed by atoms with Crippen molar-refractivity contribution in [1.29, 1.82) is 0 Å². The number of rotatable bonds is 8. The van der Waals surface area contributed by atoms with Gasteiger partial charge in [0.15, 0.2) is 0 Å². The van der Waals surface area contributed by atoms with Crippen LogP contribution in [-0.4, -0.2) is 42.0 Å². The third-order valence-corrected chi connectivity index (χ3v) is 4.36. The molecule has 0 atom stereocenters. The zero-order valence-corrected chi connectivity index (χ0v) is 16.2. The summed E-state index contributed by atoms with van der Waals surface area (Å²) >= 11 is 0. The number of benzene rings is 2. The van der Waals surface area contributed by atoms with Gasteiger partial charge in [-0.05, 0) is 35.9 Å². The zero-order valence-electron chi connectivity index (χ0n) is 16.2. The van der Waals surface area contributed by atoms with Gasteiger partial charge in [-0.15, -0.1) is 0 Å². The molecule has 6 nitrogen and oxygen atoms in total. The average Bonchev–Trinajstić information content (AvgIpc) is 2.77. The summed E-state index contributed by atoms with van der Waals surface area (Å²) in [6, 6.07) is 20.1. The summed E-state index contributed by atoms with van der Waals surface area (Å²) in [7, 11) is 1.61. The van der Waals surface area contributed by atoms with Gasteiger partial charge in [0.1, 0.15) is 0 Å². The molecule has 0 saturated carbocycles. The highest BCUT2D eigenvalue weighted by atomic mass is 16.5. The molecular weight excluding hydrogens is 366 g/mol. The van der Waals surface area contributed by atoms with Gasteiger partial charge in [-0.3, -0.25) is 14.6 Å². The number of amides is 2. The van der Waals surface area contributed by atoms with E-state index in [0.717, 1.165) is 5.56 Å². The molecule has 148 valence electrons. The number of hydrogen-bond donors (Lipinski definition) is 1. The molecule has 1 aromatic heterocycles. The van der Waals surface area contributed by atoms with Gasteiger partial charge in [-0.25, -0.2) is 0 Å². The maximum absolute atomic E-state index is 13.1. The van der Waals surface area contributed by atoms with E-state index in [1.54, 1.807) is 54.6 Å². The Bertz CT molecular complexity index is 946. The van der Waals surface area contributed by atoms with Crippen LogP contribution in [0.3, 0.4) is 0 Å². The number of hydrogen-bond acceptors (Lipinski definition) is 4. The summed E-state index contributed by atoms with van der Waals surface area (Å²) in [5.41, 5.74) is 2.55. The van der Waals surface area contributed by atoms with Gasteiger partial charge in [-0.2, -0.15) is 0 Å². The molecule has 0 radical (unpaired) electrons. The van der Waals surface area contributed by atoms with E-state index >= 15 is 0 Å². The van der Waals surface area contributed by atoms with E-state index < -0.39 is 0 Å². The summed E-state index contributed by atoms with van der Waals surface area (Å²) in [6.45, 7) is 1.39. The van der Waals surface area contributed by atoms with Gasteiger partial charge >= 0.3 is 0 Å². The van der Waals surface area contributed by atoms with Crippen molar-refractivity contribution in [2.24, 2.45) is 0 Å². The van der Waals surface area contributed by atoms with Crippen molar-refractivity contribution in [1.82, 2.24) is 9.88 Å². The van der Waals surface area contributed by atoms with Crippen molar-refractivity contribution in [2.75, 3.05) is 25.6 Å². The molecule has 1 heterocycles. The van der Waals surface area contributed by atoms with Crippen molar-refractivity contribution in [3.05, 3.63) is 95.8 Å². The number of anilines is 1. The van der Waals surface area contributed by atoms with Crippen molar-refractivity contribution >= 4 is 17.5 Å². The van der Waals surface area contributed by atoms with Crippen LogP contribution in [0.1, 0.15) is 26.3 Å². The molecule has 0 aliphatic carbocycles. The Kier molecular flexibility index (Phi) is 7.08. The molecular formula is C23H23N3O3. The van der Waals surface area contributed by atoms with E-state index in [4.69, 9.17) is 4.74 Å². The highest BCUT2D eigenvalue weighted by Gasteiger charge is 2.17. The quantitative estimate of drug-likeness (QED) is 0.639. The molecule has 2 aromatic carbocycles. The topological polar surface area (TPSA) is 71.5 Å². The molecule has 6 heteroatoms. The highest BCUT2D eigenvalue weighted by molar-refractivity contribution is 6.04. The Morgan fingerprint density at radius 1 is 1.00 bits per heavy atom. The molecule has 0 aliphatic heterocycles. The first kappa shape index (κ1) is 20.2. The molecule has 0 saturated heterocycles. The summed E-state index contributed by atoms with van der Waals surface area (Å²) in [4.78, 5) is 31.1. The second-order valence-electron chi connectivity index (χ2n) is 6.48. The molecule has 0 aliphatic rings. The van der Waals surface area contributed by atoms with Crippen LogP contribution in [-0.2, 0) is 11.3 Å². The molecule has 3 rings (SSSR count). The minimum Gasteiger partial charge on any atom is -0.383 e. The maximum Gasteiger partial charge on any atom is 0.257 e. The second kappa shape index (κ2) is 10.1. The lowest BCUT2D eigenvalue weighted by molar-refractivity contribution is 0.0680. The Morgan fingerprint density at radius 2 is 1.79 bits per heavy atom. The molecule has 0 spiro atoms. The van der Waals surface area contributed by atoms with Crippen LogP contribution in [0.25, 0.3) is 0 Å². The number of carbonyl (C=O) groups is 2. The summed E-state index contributed by atoms with van der Waals surface area (Å²) in [5, 5.41) is 2.81. The predicted octanol–water partition coefficient (Wildman–Crippen LogP) is 3.62. The molecule has 0 bridgehead atoms. The van der Waals surface area contributed by atoms with Gasteiger partial charge in [0.25, 0.3) is 11.8 Å².